The molecule has 0 aliphatic carbocycles. The lowest BCUT2D eigenvalue weighted by Gasteiger charge is -2.37. The molecule has 120 valence electrons. The minimum atomic E-state index is -0.500. The van der Waals surface area contributed by atoms with Crippen molar-refractivity contribution in [3.8, 4) is 0 Å². The average molecular weight is 311 g/mol. The Kier molecular flexibility index (Phi) is 3.29. The van der Waals surface area contributed by atoms with E-state index in [1.807, 2.05) is 0 Å². The van der Waals surface area contributed by atoms with Crippen molar-refractivity contribution in [2.45, 2.75) is 39.5 Å². The van der Waals surface area contributed by atoms with Crippen LogP contribution < -0.4 is 10.5 Å². The number of hydrogen-bond donors (Lipinski definition) is 0. The molecule has 0 radical (unpaired) electrons. The molecule has 2 aromatic rings. The van der Waals surface area contributed by atoms with Crippen LogP contribution >= 0.6 is 0 Å². The maximum Gasteiger partial charge on any atom is 0.347 e. The van der Waals surface area contributed by atoms with Gasteiger partial charge in [-0.05, 0) is 43.4 Å². The Morgan fingerprint density at radius 2 is 1.91 bits per heavy atom. The normalized spacial score (nSPS) is 16.7. The minimum Gasteiger partial charge on any atom is -0.422 e. The lowest BCUT2D eigenvalue weighted by molar-refractivity contribution is 0.0936. The minimum absolute atomic E-state index is 0.145. The number of fused-ring (bicyclic) bond motifs is 2. The Balaban J connectivity index is 1.99. The third-order valence-corrected chi connectivity index (χ3v) is 5.01. The van der Waals surface area contributed by atoms with Gasteiger partial charge >= 0.3 is 5.63 Å². The summed E-state index contributed by atoms with van der Waals surface area (Å²) in [4.78, 5) is 27.0. The highest BCUT2D eigenvalue weighted by Gasteiger charge is 2.27. The Hall–Kier alpha value is -2.10. The molecule has 4 rings (SSSR count). The van der Waals surface area contributed by atoms with Gasteiger partial charge in [0.05, 0.1) is 0 Å². The van der Waals surface area contributed by atoms with Crippen molar-refractivity contribution in [1.29, 1.82) is 0 Å². The van der Waals surface area contributed by atoms with Crippen molar-refractivity contribution in [3.63, 3.8) is 0 Å². The molecule has 4 nitrogen and oxygen atoms in total. The summed E-state index contributed by atoms with van der Waals surface area (Å²) < 4.78 is 5.63. The van der Waals surface area contributed by atoms with E-state index in [-0.39, 0.29) is 17.3 Å². The van der Waals surface area contributed by atoms with Crippen LogP contribution in [0.15, 0.2) is 21.3 Å². The molecule has 4 heteroatoms. The zero-order valence-corrected chi connectivity index (χ0v) is 13.6. The van der Waals surface area contributed by atoms with Gasteiger partial charge in [-0.2, -0.15) is 0 Å². The number of benzene rings is 1. The monoisotopic (exact) mass is 311 g/mol. The predicted octanol–water partition coefficient (Wildman–Crippen LogP) is 3.33. The van der Waals surface area contributed by atoms with Crippen LogP contribution in [-0.2, 0) is 12.8 Å². The molecule has 0 N–H and O–H groups in total. The fraction of sp³-hybridized carbons (Fsp3) is 0.474. The summed E-state index contributed by atoms with van der Waals surface area (Å²) in [5.74, 6) is -0.351. The van der Waals surface area contributed by atoms with E-state index in [2.05, 4.69) is 11.0 Å². The fourth-order valence-corrected chi connectivity index (χ4v) is 3.93. The number of aryl methyl sites for hydroxylation is 2. The van der Waals surface area contributed by atoms with Crippen LogP contribution in [0.2, 0.25) is 0 Å². The predicted molar refractivity (Wildman–Crippen MR) is 90.5 cm³/mol. The van der Waals surface area contributed by atoms with E-state index in [9.17, 15) is 9.59 Å². The van der Waals surface area contributed by atoms with Crippen molar-refractivity contribution in [3.05, 3.63) is 39.2 Å². The maximum absolute atomic E-state index is 12.3. The van der Waals surface area contributed by atoms with Crippen molar-refractivity contribution < 1.29 is 9.21 Å². The molecule has 0 saturated carbocycles. The van der Waals surface area contributed by atoms with Gasteiger partial charge in [0.1, 0.15) is 11.1 Å². The first-order valence-electron chi connectivity index (χ1n) is 8.48. The molecule has 2 aliphatic heterocycles. The fourth-order valence-electron chi connectivity index (χ4n) is 3.93. The van der Waals surface area contributed by atoms with Gasteiger partial charge in [-0.15, -0.1) is 0 Å². The zero-order valence-electron chi connectivity index (χ0n) is 13.6. The highest BCUT2D eigenvalue weighted by molar-refractivity contribution is 6.00. The smallest absolute Gasteiger partial charge is 0.347 e. The lowest BCUT2D eigenvalue weighted by atomic mass is 9.89. The molecule has 2 aliphatic rings. The van der Waals surface area contributed by atoms with Crippen LogP contribution in [0.3, 0.4) is 0 Å². The number of nitrogens with zero attached hydrogens (tertiary/aromatic N) is 1. The highest BCUT2D eigenvalue weighted by Crippen LogP contribution is 2.39. The summed E-state index contributed by atoms with van der Waals surface area (Å²) in [5.41, 5.74) is 4.13. The van der Waals surface area contributed by atoms with Gasteiger partial charge in [-0.25, -0.2) is 4.79 Å². The Morgan fingerprint density at radius 1 is 1.17 bits per heavy atom. The second kappa shape index (κ2) is 5.22. The molecule has 0 atom stereocenters. The summed E-state index contributed by atoms with van der Waals surface area (Å²) in [6, 6.07) is 3.86. The molecule has 0 amide bonds. The van der Waals surface area contributed by atoms with Crippen LogP contribution in [0.25, 0.3) is 11.0 Å². The first-order chi connectivity index (χ1) is 11.1. The summed E-state index contributed by atoms with van der Waals surface area (Å²) in [6.07, 6.45) is 4.24. The average Bonchev–Trinajstić information content (AvgIpc) is 2.55. The maximum atomic E-state index is 12.3. The molecule has 0 unspecified atom stereocenters. The molecular formula is C19H21NO3. The highest BCUT2D eigenvalue weighted by atomic mass is 16.4. The number of anilines is 1. The van der Waals surface area contributed by atoms with Gasteiger partial charge in [0.15, 0.2) is 5.78 Å². The number of carbonyl (C=O) groups is 1. The summed E-state index contributed by atoms with van der Waals surface area (Å²) in [7, 11) is 0. The summed E-state index contributed by atoms with van der Waals surface area (Å²) >= 11 is 0. The van der Waals surface area contributed by atoms with Gasteiger partial charge in [0.25, 0.3) is 0 Å². The topological polar surface area (TPSA) is 50.5 Å². The van der Waals surface area contributed by atoms with E-state index in [0.717, 1.165) is 49.7 Å². The summed E-state index contributed by atoms with van der Waals surface area (Å²) in [6.45, 7) is 5.78. The first-order valence-corrected chi connectivity index (χ1v) is 8.48. The van der Waals surface area contributed by atoms with Crippen molar-refractivity contribution in [1.82, 2.24) is 0 Å². The summed E-state index contributed by atoms with van der Waals surface area (Å²) in [5, 5.41) is 0.895. The second-order valence-electron chi connectivity index (χ2n) is 6.94. The number of ketones is 1. The van der Waals surface area contributed by atoms with Gasteiger partial charge in [-0.3, -0.25) is 4.79 Å². The van der Waals surface area contributed by atoms with E-state index >= 15 is 0 Å². The molecule has 1 aromatic heterocycles. The van der Waals surface area contributed by atoms with Gasteiger partial charge in [0, 0.05) is 35.6 Å². The second-order valence-corrected chi connectivity index (χ2v) is 6.94. The first kappa shape index (κ1) is 14.5. The number of rotatable bonds is 2. The van der Waals surface area contributed by atoms with E-state index < -0.39 is 5.63 Å². The molecule has 0 fully saturated rings. The van der Waals surface area contributed by atoms with Crippen LogP contribution in [-0.4, -0.2) is 18.9 Å². The molecule has 0 spiro atoms. The number of carbonyl (C=O) groups excluding carboxylic acids is 1. The molecule has 0 bridgehead atoms. The van der Waals surface area contributed by atoms with Crippen molar-refractivity contribution in [2.24, 2.45) is 5.92 Å². The van der Waals surface area contributed by atoms with Crippen molar-refractivity contribution >= 4 is 22.4 Å². The SMILES string of the molecule is CC(C)C(=O)c1cc2cc3c4c(c2oc1=O)CCCN4CCC3. The Morgan fingerprint density at radius 3 is 2.65 bits per heavy atom. The van der Waals surface area contributed by atoms with Gasteiger partial charge in [-0.1, -0.05) is 13.8 Å². The molecule has 1 aromatic carbocycles. The number of Topliss-reactive ketones (excluding diaryl/α,β-unsaturated/α-hetero) is 1. The van der Waals surface area contributed by atoms with Gasteiger partial charge in [0.2, 0.25) is 0 Å². The Bertz CT molecular complexity index is 861. The van der Waals surface area contributed by atoms with Crippen LogP contribution in [0.5, 0.6) is 0 Å². The third-order valence-electron chi connectivity index (χ3n) is 5.01. The van der Waals surface area contributed by atoms with Crippen LogP contribution in [0.4, 0.5) is 5.69 Å². The van der Waals surface area contributed by atoms with Crippen LogP contribution in [0, 0.1) is 5.92 Å². The molecule has 3 heterocycles. The van der Waals surface area contributed by atoms with E-state index in [0.29, 0.717) is 5.58 Å². The Labute approximate surface area is 135 Å². The lowest BCUT2D eigenvalue weighted by Crippen LogP contribution is -2.34. The number of hydrogen-bond acceptors (Lipinski definition) is 4. The standard InChI is InChI=1S/C19H21NO3/c1-11(2)17(21)15-10-13-9-12-5-3-7-20-8-4-6-14(16(12)20)18(13)23-19(15)22/h9-11H,3-8H2,1-2H3. The van der Waals surface area contributed by atoms with E-state index in [1.54, 1.807) is 19.9 Å². The zero-order chi connectivity index (χ0) is 16.1. The van der Waals surface area contributed by atoms with Crippen LogP contribution in [0.1, 0.15) is 48.2 Å². The van der Waals surface area contributed by atoms with Crippen molar-refractivity contribution in [2.75, 3.05) is 18.0 Å². The largest absolute Gasteiger partial charge is 0.422 e. The van der Waals surface area contributed by atoms with Gasteiger partial charge < -0.3 is 9.32 Å². The molecular weight excluding hydrogens is 290 g/mol. The molecule has 0 saturated heterocycles. The quantitative estimate of drug-likeness (QED) is 0.630. The third kappa shape index (κ3) is 2.19. The van der Waals surface area contributed by atoms with E-state index in [1.165, 1.54) is 11.3 Å². The van der Waals surface area contributed by atoms with E-state index in [4.69, 9.17) is 4.42 Å². The molecule has 23 heavy (non-hydrogen) atoms.